The van der Waals surface area contributed by atoms with Crippen LogP contribution in [0.25, 0.3) is 22.2 Å². The summed E-state index contributed by atoms with van der Waals surface area (Å²) in [7, 11) is 1.65. The molecule has 2 aromatic carbocycles. The van der Waals surface area contributed by atoms with Crippen LogP contribution in [0.1, 0.15) is 24.1 Å². The van der Waals surface area contributed by atoms with E-state index in [9.17, 15) is 4.79 Å². The van der Waals surface area contributed by atoms with Crippen molar-refractivity contribution in [3.63, 3.8) is 0 Å². The molecule has 1 aliphatic rings. The minimum atomic E-state index is -0.00881. The lowest BCUT2D eigenvalue weighted by Gasteiger charge is -2.27. The second-order valence-corrected chi connectivity index (χ2v) is 9.56. The van der Waals surface area contributed by atoms with Gasteiger partial charge >= 0.3 is 0 Å². The van der Waals surface area contributed by atoms with Crippen LogP contribution >= 0.6 is 11.6 Å². The fourth-order valence-electron chi connectivity index (χ4n) is 4.59. The first-order chi connectivity index (χ1) is 17.5. The first-order valence-corrected chi connectivity index (χ1v) is 12.5. The summed E-state index contributed by atoms with van der Waals surface area (Å²) in [6.45, 7) is 3.76. The largest absolute Gasteiger partial charge is 0.497 e. The molecule has 0 bridgehead atoms. The summed E-state index contributed by atoms with van der Waals surface area (Å²) < 4.78 is 12.9. The lowest BCUT2D eigenvalue weighted by atomic mass is 10.0. The predicted octanol–water partition coefficient (Wildman–Crippen LogP) is 5.28. The molecule has 0 radical (unpaired) electrons. The number of pyridine rings is 1. The maximum Gasteiger partial charge on any atom is 0.244 e. The quantitative estimate of drug-likeness (QED) is 0.326. The number of halogens is 1. The summed E-state index contributed by atoms with van der Waals surface area (Å²) >= 11 is 6.26. The number of amides is 1. The van der Waals surface area contributed by atoms with Crippen molar-refractivity contribution in [2.75, 3.05) is 20.3 Å². The summed E-state index contributed by atoms with van der Waals surface area (Å²) in [5.41, 5.74) is 4.40. The molecule has 8 heteroatoms. The molecule has 0 aliphatic carbocycles. The molecular formula is C28H29ClN4O3. The smallest absolute Gasteiger partial charge is 0.244 e. The van der Waals surface area contributed by atoms with Crippen LogP contribution in [0.2, 0.25) is 5.02 Å². The number of ether oxygens (including phenoxy) is 2. The molecule has 1 saturated heterocycles. The zero-order chi connectivity index (χ0) is 25.1. The van der Waals surface area contributed by atoms with E-state index >= 15 is 0 Å². The van der Waals surface area contributed by atoms with Crippen molar-refractivity contribution < 1.29 is 14.3 Å². The molecule has 0 N–H and O–H groups in total. The van der Waals surface area contributed by atoms with E-state index in [1.54, 1.807) is 11.8 Å². The van der Waals surface area contributed by atoms with E-state index in [1.165, 1.54) is 0 Å². The lowest BCUT2D eigenvalue weighted by molar-refractivity contribution is -0.134. The summed E-state index contributed by atoms with van der Waals surface area (Å²) in [5, 5.41) is 6.01. The van der Waals surface area contributed by atoms with Crippen molar-refractivity contribution in [1.29, 1.82) is 0 Å². The van der Waals surface area contributed by atoms with Gasteiger partial charge in [0.1, 0.15) is 12.3 Å². The Morgan fingerprint density at radius 1 is 1.19 bits per heavy atom. The average Bonchev–Trinajstić information content (AvgIpc) is 3.55. The monoisotopic (exact) mass is 504 g/mol. The van der Waals surface area contributed by atoms with Crippen LogP contribution in [0.15, 0.2) is 60.8 Å². The lowest BCUT2D eigenvalue weighted by Crippen LogP contribution is -2.39. The highest BCUT2D eigenvalue weighted by atomic mass is 35.5. The summed E-state index contributed by atoms with van der Waals surface area (Å²) in [6.07, 6.45) is 3.83. The maximum atomic E-state index is 13.5. The Morgan fingerprint density at radius 3 is 2.72 bits per heavy atom. The zero-order valence-electron chi connectivity index (χ0n) is 20.5. The van der Waals surface area contributed by atoms with Crippen LogP contribution in [-0.4, -0.2) is 51.9 Å². The van der Waals surface area contributed by atoms with E-state index in [2.05, 4.69) is 11.2 Å². The van der Waals surface area contributed by atoms with E-state index in [-0.39, 0.29) is 18.6 Å². The third-order valence-corrected chi connectivity index (χ3v) is 6.69. The molecule has 1 aliphatic heterocycles. The van der Waals surface area contributed by atoms with Gasteiger partial charge in [0, 0.05) is 41.9 Å². The number of carbonyl (C=O) groups is 1. The molecule has 4 aromatic rings. The van der Waals surface area contributed by atoms with E-state index in [1.807, 2.05) is 66.6 Å². The fourth-order valence-corrected chi connectivity index (χ4v) is 4.75. The van der Waals surface area contributed by atoms with Gasteiger partial charge in [-0.15, -0.1) is 0 Å². The number of rotatable bonds is 8. The number of fused-ring (bicyclic) bond motifs is 1. The molecule has 1 amide bonds. The fraction of sp³-hybridized carbons (Fsp3) is 0.321. The van der Waals surface area contributed by atoms with Gasteiger partial charge in [0.05, 0.1) is 30.1 Å². The first-order valence-electron chi connectivity index (χ1n) is 12.1. The first kappa shape index (κ1) is 24.3. The van der Waals surface area contributed by atoms with E-state index < -0.39 is 0 Å². The van der Waals surface area contributed by atoms with Crippen LogP contribution in [-0.2, 0) is 22.6 Å². The number of carbonyl (C=O) groups excluding carboxylic acids is 1. The average molecular weight is 505 g/mol. The van der Waals surface area contributed by atoms with Crippen molar-refractivity contribution in [3.05, 3.63) is 77.1 Å². The molecule has 186 valence electrons. The van der Waals surface area contributed by atoms with Gasteiger partial charge in [0.15, 0.2) is 0 Å². The van der Waals surface area contributed by atoms with Crippen molar-refractivity contribution in [2.45, 2.75) is 39.0 Å². The number of methoxy groups -OCH3 is 1. The molecule has 36 heavy (non-hydrogen) atoms. The van der Waals surface area contributed by atoms with Crippen LogP contribution in [0, 0.1) is 6.92 Å². The normalized spacial score (nSPS) is 15.4. The Balaban J connectivity index is 1.52. The molecule has 7 nitrogen and oxygen atoms in total. The summed E-state index contributed by atoms with van der Waals surface area (Å²) in [4.78, 5) is 20.4. The van der Waals surface area contributed by atoms with Gasteiger partial charge in [-0.3, -0.25) is 9.48 Å². The highest BCUT2D eigenvalue weighted by Gasteiger charge is 2.25. The van der Waals surface area contributed by atoms with Crippen LogP contribution in [0.4, 0.5) is 0 Å². The second kappa shape index (κ2) is 10.7. The Hall–Kier alpha value is -3.42. The van der Waals surface area contributed by atoms with Crippen molar-refractivity contribution in [3.8, 4) is 17.0 Å². The van der Waals surface area contributed by atoms with Crippen molar-refractivity contribution in [1.82, 2.24) is 19.7 Å². The molecule has 0 spiro atoms. The molecule has 5 rings (SSSR count). The Kier molecular flexibility index (Phi) is 7.20. The third kappa shape index (κ3) is 5.53. The van der Waals surface area contributed by atoms with E-state index in [4.69, 9.17) is 26.1 Å². The van der Waals surface area contributed by atoms with Crippen LogP contribution in [0.3, 0.4) is 0 Å². The molecular weight excluding hydrogens is 476 g/mol. The number of hydrogen-bond donors (Lipinski definition) is 0. The van der Waals surface area contributed by atoms with Crippen molar-refractivity contribution >= 4 is 28.4 Å². The minimum absolute atomic E-state index is 0.00881. The minimum Gasteiger partial charge on any atom is -0.497 e. The molecule has 0 unspecified atom stereocenters. The Bertz CT molecular complexity index is 1360. The van der Waals surface area contributed by atoms with Crippen LogP contribution < -0.4 is 4.74 Å². The number of aromatic nitrogens is 3. The third-order valence-electron chi connectivity index (χ3n) is 6.46. The standard InChI is InChI=1S/C28H29ClN4O3/c1-19-11-12-33(31-19)18-27(34)32(17-25-4-3-13-36-25)16-22-14-21-5-8-23(29)15-26(21)30-28(22)20-6-9-24(35-2)10-7-20/h5-12,14-15,25H,3-4,13,16-18H2,1-2H3/t25-/m1/s1. The highest BCUT2D eigenvalue weighted by Crippen LogP contribution is 2.30. The van der Waals surface area contributed by atoms with Gasteiger partial charge in [-0.25, -0.2) is 4.98 Å². The summed E-state index contributed by atoms with van der Waals surface area (Å²) in [6, 6.07) is 17.5. The number of aryl methyl sites for hydroxylation is 1. The molecule has 2 aromatic heterocycles. The SMILES string of the molecule is COc1ccc(-c2nc3cc(Cl)ccc3cc2CN(C[C@H]2CCCO2)C(=O)Cn2ccc(C)n2)cc1. The Morgan fingerprint density at radius 2 is 2.03 bits per heavy atom. The second-order valence-electron chi connectivity index (χ2n) is 9.13. The number of nitrogens with zero attached hydrogens (tertiary/aromatic N) is 4. The van der Waals surface area contributed by atoms with E-state index in [0.29, 0.717) is 18.1 Å². The van der Waals surface area contributed by atoms with Gasteiger partial charge in [-0.1, -0.05) is 17.7 Å². The van der Waals surface area contributed by atoms with Gasteiger partial charge in [0.2, 0.25) is 5.91 Å². The molecule has 0 saturated carbocycles. The van der Waals surface area contributed by atoms with Gasteiger partial charge in [0.25, 0.3) is 0 Å². The molecule has 3 heterocycles. The van der Waals surface area contributed by atoms with Crippen LogP contribution in [0.5, 0.6) is 5.75 Å². The van der Waals surface area contributed by atoms with Gasteiger partial charge in [-0.05, 0) is 73.9 Å². The Labute approximate surface area is 215 Å². The topological polar surface area (TPSA) is 69.5 Å². The van der Waals surface area contributed by atoms with Gasteiger partial charge in [-0.2, -0.15) is 5.10 Å². The van der Waals surface area contributed by atoms with Crippen molar-refractivity contribution in [2.24, 2.45) is 0 Å². The van der Waals surface area contributed by atoms with Gasteiger partial charge < -0.3 is 14.4 Å². The molecule has 1 fully saturated rings. The number of hydrogen-bond acceptors (Lipinski definition) is 5. The number of benzene rings is 2. The summed E-state index contributed by atoms with van der Waals surface area (Å²) in [5.74, 6) is 0.763. The maximum absolute atomic E-state index is 13.5. The molecule has 1 atom stereocenters. The van der Waals surface area contributed by atoms with E-state index in [0.717, 1.165) is 58.6 Å². The highest BCUT2D eigenvalue weighted by molar-refractivity contribution is 6.31. The zero-order valence-corrected chi connectivity index (χ0v) is 21.2. The predicted molar refractivity (Wildman–Crippen MR) is 140 cm³/mol.